The van der Waals surface area contributed by atoms with E-state index in [0.717, 1.165) is 70.0 Å². The van der Waals surface area contributed by atoms with Crippen LogP contribution in [-0.4, -0.2) is 155 Å². The number of ether oxygens (including phenoxy) is 6. The Morgan fingerprint density at radius 1 is 0.605 bits per heavy atom. The van der Waals surface area contributed by atoms with E-state index in [1.807, 2.05) is 11.8 Å². The first-order chi connectivity index (χ1) is 36.9. The van der Waals surface area contributed by atoms with Crippen LogP contribution < -0.4 is 46.7 Å². The van der Waals surface area contributed by atoms with Crippen LogP contribution in [0.2, 0.25) is 0 Å². The van der Waals surface area contributed by atoms with Gasteiger partial charge < -0.3 is 70.7 Å². The lowest BCUT2D eigenvalue weighted by molar-refractivity contribution is -0.172. The molecule has 21 nitrogen and oxygen atoms in total. The zero-order valence-electron chi connectivity index (χ0n) is 43.6. The minimum Gasteiger partial charge on any atom is -0.488 e. The summed E-state index contributed by atoms with van der Waals surface area (Å²) in [7, 11) is 0. The van der Waals surface area contributed by atoms with E-state index in [0.29, 0.717) is 86.3 Å². The summed E-state index contributed by atoms with van der Waals surface area (Å²) in [5.41, 5.74) is 0.802. The molecule has 76 heavy (non-hydrogen) atoms. The number of aliphatic carboxylic acids is 1. The molecule has 5 unspecified atom stereocenters. The van der Waals surface area contributed by atoms with Crippen molar-refractivity contribution in [1.82, 2.24) is 37.2 Å². The first kappa shape index (κ1) is 62.3. The number of nitrogens with one attached hydrogen (secondary N) is 7. The van der Waals surface area contributed by atoms with E-state index in [9.17, 15) is 33.6 Å². The number of benzene rings is 2. The van der Waals surface area contributed by atoms with Crippen molar-refractivity contribution in [3.05, 3.63) is 85.0 Å². The molecule has 4 rings (SSSR count). The summed E-state index contributed by atoms with van der Waals surface area (Å²) in [6.07, 6.45) is 11.8. The molecule has 2 aromatic rings. The number of carbonyl (C=O) groups is 7. The molecule has 8 N–H and O–H groups in total. The third kappa shape index (κ3) is 26.5. The standard InChI is InChI=1S/C54H79N7O14S/c1-3-30-70-49(74-34-47(64)57-27-13-7-15-29-59-53(68)40-19-17-21-42(33-40)73-37-50(71-31-4-2)75-35-48(65)66)36-72-41-20-16-18-39(32-41)52(67)58-28-14-6-12-26-56-45(62)23-8-5-11-25-55-46(63)24-10-9-22-44-51-43(38-76-44)60-54(69)61-51/h3-4,16-21,32-33,43-44,49-51H,1-2,5-15,22-31,34-38H2,(H,55,63)(H,56,62)(H,57,64)(H,58,67)(H,59,68)(H,65,66)(H2,60,61,69). The van der Waals surface area contributed by atoms with Gasteiger partial charge in [0, 0.05) is 67.7 Å². The van der Waals surface area contributed by atoms with E-state index in [1.54, 1.807) is 54.6 Å². The highest BCUT2D eigenvalue weighted by Gasteiger charge is 2.42. The van der Waals surface area contributed by atoms with Gasteiger partial charge in [0.2, 0.25) is 17.7 Å². The maximum atomic E-state index is 12.9. The Bertz CT molecular complexity index is 2130. The molecule has 0 bridgehead atoms. The molecule has 5 atom stereocenters. The molecule has 2 aliphatic heterocycles. The van der Waals surface area contributed by atoms with Crippen LogP contribution in [0.3, 0.4) is 0 Å². The zero-order valence-corrected chi connectivity index (χ0v) is 44.4. The fourth-order valence-corrected chi connectivity index (χ4v) is 9.53. The summed E-state index contributed by atoms with van der Waals surface area (Å²) < 4.78 is 33.5. The maximum absolute atomic E-state index is 12.9. The van der Waals surface area contributed by atoms with Crippen molar-refractivity contribution in [3.8, 4) is 11.5 Å². The number of amides is 7. The molecule has 0 radical (unpaired) electrons. The fraction of sp³-hybridized carbons (Fsp3) is 0.574. The highest BCUT2D eigenvalue weighted by molar-refractivity contribution is 8.00. The van der Waals surface area contributed by atoms with Crippen LogP contribution in [0.5, 0.6) is 11.5 Å². The molecule has 2 heterocycles. The van der Waals surface area contributed by atoms with Gasteiger partial charge in [-0.2, -0.15) is 11.8 Å². The lowest BCUT2D eigenvalue weighted by Gasteiger charge is -2.18. The van der Waals surface area contributed by atoms with E-state index >= 15 is 0 Å². The predicted molar refractivity (Wildman–Crippen MR) is 287 cm³/mol. The van der Waals surface area contributed by atoms with E-state index < -0.39 is 25.2 Å². The van der Waals surface area contributed by atoms with E-state index in [1.165, 1.54) is 6.08 Å². The molecule has 2 saturated heterocycles. The van der Waals surface area contributed by atoms with Gasteiger partial charge in [-0.25, -0.2) is 9.59 Å². The lowest BCUT2D eigenvalue weighted by atomic mass is 10.0. The Balaban J connectivity index is 0.970. The van der Waals surface area contributed by atoms with E-state index in [4.69, 9.17) is 33.5 Å². The Labute approximate surface area is 450 Å². The molecule has 22 heteroatoms. The van der Waals surface area contributed by atoms with Gasteiger partial charge in [0.05, 0.1) is 25.3 Å². The first-order valence-corrected chi connectivity index (χ1v) is 27.4. The monoisotopic (exact) mass is 1080 g/mol. The predicted octanol–water partition coefficient (Wildman–Crippen LogP) is 4.75. The number of carboxylic acid groups (broad SMARTS) is 1. The number of thioether (sulfide) groups is 1. The van der Waals surface area contributed by atoms with Crippen LogP contribution in [0, 0.1) is 0 Å². The highest BCUT2D eigenvalue weighted by atomic mass is 32.2. The molecule has 0 spiro atoms. The normalized spacial score (nSPS) is 16.2. The summed E-state index contributed by atoms with van der Waals surface area (Å²) in [6.45, 7) is 9.03. The van der Waals surface area contributed by atoms with Crippen molar-refractivity contribution in [2.45, 2.75) is 120 Å². The summed E-state index contributed by atoms with van der Waals surface area (Å²) in [5, 5.41) is 29.8. The second kappa shape index (κ2) is 37.5. The van der Waals surface area contributed by atoms with Gasteiger partial charge in [0.1, 0.15) is 37.9 Å². The number of unbranched alkanes of at least 4 members (excludes halogenated alkanes) is 7. The van der Waals surface area contributed by atoms with Crippen molar-refractivity contribution < 1.29 is 67.1 Å². The lowest BCUT2D eigenvalue weighted by Crippen LogP contribution is -2.36. The van der Waals surface area contributed by atoms with Crippen molar-refractivity contribution in [2.75, 3.05) is 78.1 Å². The summed E-state index contributed by atoms with van der Waals surface area (Å²) in [6, 6.07) is 13.6. The van der Waals surface area contributed by atoms with Crippen LogP contribution in [0.4, 0.5) is 4.79 Å². The van der Waals surface area contributed by atoms with Gasteiger partial charge in [-0.05, 0) is 101 Å². The van der Waals surface area contributed by atoms with Crippen molar-refractivity contribution in [2.24, 2.45) is 0 Å². The molecule has 2 aromatic carbocycles. The van der Waals surface area contributed by atoms with E-state index in [-0.39, 0.29) is 80.7 Å². The number of fused-ring (bicyclic) bond motifs is 1. The van der Waals surface area contributed by atoms with Gasteiger partial charge in [0.15, 0.2) is 12.6 Å². The Hall–Kier alpha value is -6.20. The summed E-state index contributed by atoms with van der Waals surface area (Å²) >= 11 is 1.89. The van der Waals surface area contributed by atoms with Crippen molar-refractivity contribution >= 4 is 53.3 Å². The largest absolute Gasteiger partial charge is 0.488 e. The average molecular weight is 1080 g/mol. The molecular formula is C54H79N7O14S. The quantitative estimate of drug-likeness (QED) is 0.0193. The van der Waals surface area contributed by atoms with Gasteiger partial charge in [-0.15, -0.1) is 13.2 Å². The van der Waals surface area contributed by atoms with Crippen molar-refractivity contribution in [1.29, 1.82) is 0 Å². The molecule has 420 valence electrons. The van der Waals surface area contributed by atoms with Crippen LogP contribution in [0.25, 0.3) is 0 Å². The molecule has 0 aromatic heterocycles. The number of hydrogen-bond acceptors (Lipinski definition) is 14. The van der Waals surface area contributed by atoms with Gasteiger partial charge in [-0.3, -0.25) is 24.0 Å². The number of rotatable bonds is 43. The second-order valence-corrected chi connectivity index (χ2v) is 19.4. The van der Waals surface area contributed by atoms with Gasteiger partial charge >= 0.3 is 12.0 Å². The average Bonchev–Trinajstić information content (AvgIpc) is 3.98. The minimum atomic E-state index is -1.15. The third-order valence-electron chi connectivity index (χ3n) is 12.0. The molecule has 0 saturated carbocycles. The number of hydrogen-bond donors (Lipinski definition) is 8. The Morgan fingerprint density at radius 3 is 1.59 bits per heavy atom. The van der Waals surface area contributed by atoms with Crippen LogP contribution in [0.1, 0.15) is 111 Å². The first-order valence-electron chi connectivity index (χ1n) is 26.3. The summed E-state index contributed by atoms with van der Waals surface area (Å²) in [4.78, 5) is 85.1. The molecule has 0 aliphatic carbocycles. The maximum Gasteiger partial charge on any atom is 0.329 e. The van der Waals surface area contributed by atoms with Crippen LogP contribution >= 0.6 is 11.8 Å². The fourth-order valence-electron chi connectivity index (χ4n) is 7.99. The molecule has 2 fully saturated rings. The van der Waals surface area contributed by atoms with Crippen molar-refractivity contribution in [3.63, 3.8) is 0 Å². The molecular weight excluding hydrogens is 1000 g/mol. The van der Waals surface area contributed by atoms with Gasteiger partial charge in [-0.1, -0.05) is 37.1 Å². The number of carboxylic acids is 1. The summed E-state index contributed by atoms with van der Waals surface area (Å²) in [5.74, 6) is -0.204. The minimum absolute atomic E-state index is 0.0120. The SMILES string of the molecule is C=CCOC(COc1cccc(C(=O)NCCCCCNC(=O)COC(COc2cccc(C(=O)NCCCCCNC(=O)CCCCCNC(=O)CCCCC3SCC4NC(=O)NC43)c2)OCC=C)c1)OCC(=O)O. The van der Waals surface area contributed by atoms with E-state index in [2.05, 4.69) is 50.4 Å². The number of carbonyl (C=O) groups excluding carboxylic acids is 6. The third-order valence-corrected chi connectivity index (χ3v) is 13.5. The second-order valence-electron chi connectivity index (χ2n) is 18.2. The van der Waals surface area contributed by atoms with Crippen LogP contribution in [0.15, 0.2) is 73.8 Å². The Morgan fingerprint density at radius 2 is 1.08 bits per heavy atom. The topological polar surface area (TPSA) is 279 Å². The Kier molecular flexibility index (Phi) is 30.8. The highest BCUT2D eigenvalue weighted by Crippen LogP contribution is 2.33. The smallest absolute Gasteiger partial charge is 0.329 e. The van der Waals surface area contributed by atoms with Gasteiger partial charge in [0.25, 0.3) is 11.8 Å². The number of urea groups is 1. The molecule has 7 amide bonds. The van der Waals surface area contributed by atoms with Crippen LogP contribution in [-0.2, 0) is 38.1 Å². The zero-order chi connectivity index (χ0) is 54.6. The molecule has 2 aliphatic rings.